The molecule has 31 heavy (non-hydrogen) atoms. The first-order valence-corrected chi connectivity index (χ1v) is 10.9. The predicted octanol–water partition coefficient (Wildman–Crippen LogP) is 1.44. The zero-order chi connectivity index (χ0) is 22.6. The largest absolute Gasteiger partial charge is 0.352 e. The first-order chi connectivity index (χ1) is 14.7. The Kier molecular flexibility index (Phi) is 7.30. The van der Waals surface area contributed by atoms with Gasteiger partial charge in [0.1, 0.15) is 18.6 Å². The Hall–Kier alpha value is -2.48. The second-order valence-corrected chi connectivity index (χ2v) is 9.43. The summed E-state index contributed by atoms with van der Waals surface area (Å²) in [6.07, 6.45) is 0.990. The maximum Gasteiger partial charge on any atom is 0.247 e. The SMILES string of the molecule is CN1CCCN2C(c3ccccc3)=NC(C(=O)N[C@H](C(=O)NCCF)C(C)(C)C)C2C1. The summed E-state index contributed by atoms with van der Waals surface area (Å²) in [6.45, 7) is 7.43. The van der Waals surface area contributed by atoms with Crippen molar-refractivity contribution >= 4 is 17.6 Å². The fourth-order valence-electron chi connectivity index (χ4n) is 4.25. The third kappa shape index (κ3) is 5.42. The van der Waals surface area contributed by atoms with Crippen LogP contribution < -0.4 is 10.6 Å². The maximum absolute atomic E-state index is 13.4. The van der Waals surface area contributed by atoms with Crippen LogP contribution in [0.25, 0.3) is 0 Å². The topological polar surface area (TPSA) is 77.0 Å². The minimum Gasteiger partial charge on any atom is -0.352 e. The second kappa shape index (κ2) is 9.77. The fraction of sp³-hybridized carbons (Fsp3) is 0.609. The van der Waals surface area contributed by atoms with Gasteiger partial charge in [0.15, 0.2) is 6.04 Å². The van der Waals surface area contributed by atoms with Crippen molar-refractivity contribution in [1.82, 2.24) is 20.4 Å². The first-order valence-electron chi connectivity index (χ1n) is 10.9. The van der Waals surface area contributed by atoms with Crippen molar-refractivity contribution in [3.63, 3.8) is 0 Å². The minimum atomic E-state index is -0.778. The van der Waals surface area contributed by atoms with Crippen LogP contribution in [0.1, 0.15) is 32.8 Å². The molecule has 170 valence electrons. The number of rotatable bonds is 6. The van der Waals surface area contributed by atoms with E-state index in [2.05, 4.69) is 27.5 Å². The molecule has 3 rings (SSSR count). The minimum absolute atomic E-state index is 0.0672. The van der Waals surface area contributed by atoms with Crippen LogP contribution in [0.5, 0.6) is 0 Å². The molecule has 2 unspecified atom stereocenters. The number of alkyl halides is 1. The summed E-state index contributed by atoms with van der Waals surface area (Å²) >= 11 is 0. The molecule has 2 aliphatic rings. The summed E-state index contributed by atoms with van der Waals surface area (Å²) in [4.78, 5) is 35.3. The standard InChI is InChI=1S/C23H34FN5O2/c1-23(2,3)19(22(31)25-12-11-24)27-21(30)18-17-15-28(4)13-8-14-29(17)20(26-18)16-9-6-5-7-10-16/h5-7,9-10,17-19H,8,11-15H2,1-4H3,(H,25,31)(H,27,30)/t17?,18?,19-/m1/s1. The fourth-order valence-corrected chi connectivity index (χ4v) is 4.25. The van der Waals surface area contributed by atoms with E-state index < -0.39 is 24.2 Å². The van der Waals surface area contributed by atoms with Crippen molar-refractivity contribution in [3.05, 3.63) is 35.9 Å². The molecule has 0 radical (unpaired) electrons. The van der Waals surface area contributed by atoms with E-state index >= 15 is 0 Å². The summed E-state index contributed by atoms with van der Waals surface area (Å²) in [5.74, 6) is 0.181. The van der Waals surface area contributed by atoms with Gasteiger partial charge in [-0.3, -0.25) is 14.6 Å². The number of halogens is 1. The van der Waals surface area contributed by atoms with Crippen LogP contribution in [0.3, 0.4) is 0 Å². The number of carbonyl (C=O) groups is 2. The Morgan fingerprint density at radius 3 is 2.58 bits per heavy atom. The molecule has 0 saturated carbocycles. The van der Waals surface area contributed by atoms with Gasteiger partial charge in [0.25, 0.3) is 0 Å². The van der Waals surface area contributed by atoms with Gasteiger partial charge in [-0.15, -0.1) is 0 Å². The molecule has 7 nitrogen and oxygen atoms in total. The zero-order valence-corrected chi connectivity index (χ0v) is 18.9. The molecule has 1 aromatic carbocycles. The molecule has 1 saturated heterocycles. The molecule has 8 heteroatoms. The number of nitrogens with zero attached hydrogens (tertiary/aromatic N) is 3. The van der Waals surface area contributed by atoms with Crippen LogP contribution in [0.4, 0.5) is 4.39 Å². The van der Waals surface area contributed by atoms with Crippen molar-refractivity contribution in [2.45, 2.75) is 45.3 Å². The third-order valence-electron chi connectivity index (χ3n) is 5.84. The van der Waals surface area contributed by atoms with E-state index in [9.17, 15) is 14.0 Å². The lowest BCUT2D eigenvalue weighted by Crippen LogP contribution is -2.58. The number of carbonyl (C=O) groups excluding carboxylic acids is 2. The summed E-state index contributed by atoms with van der Waals surface area (Å²) in [7, 11) is 2.06. The van der Waals surface area contributed by atoms with Gasteiger partial charge in [-0.1, -0.05) is 51.1 Å². The van der Waals surface area contributed by atoms with Gasteiger partial charge < -0.3 is 20.4 Å². The van der Waals surface area contributed by atoms with Crippen molar-refractivity contribution in [2.24, 2.45) is 10.4 Å². The van der Waals surface area contributed by atoms with Crippen molar-refractivity contribution in [2.75, 3.05) is 39.9 Å². The molecule has 1 fully saturated rings. The first kappa shape index (κ1) is 23.2. The molecule has 2 N–H and O–H groups in total. The smallest absolute Gasteiger partial charge is 0.247 e. The van der Waals surface area contributed by atoms with E-state index in [1.807, 2.05) is 51.1 Å². The number of amides is 2. The van der Waals surface area contributed by atoms with Crippen LogP contribution in [-0.2, 0) is 9.59 Å². The van der Waals surface area contributed by atoms with Gasteiger partial charge in [0.05, 0.1) is 6.04 Å². The number of hydrogen-bond donors (Lipinski definition) is 2. The Morgan fingerprint density at radius 1 is 1.23 bits per heavy atom. The Balaban J connectivity index is 1.87. The third-order valence-corrected chi connectivity index (χ3v) is 5.84. The van der Waals surface area contributed by atoms with Gasteiger partial charge in [-0.2, -0.15) is 0 Å². The zero-order valence-electron chi connectivity index (χ0n) is 18.9. The number of aliphatic imine (C=N–C) groups is 1. The molecular formula is C23H34FN5O2. The number of amidine groups is 1. The van der Waals surface area contributed by atoms with Crippen LogP contribution in [0, 0.1) is 5.41 Å². The average Bonchev–Trinajstić information content (AvgIpc) is 2.96. The van der Waals surface area contributed by atoms with Gasteiger partial charge in [0.2, 0.25) is 11.8 Å². The molecule has 2 aliphatic heterocycles. The number of nitrogens with one attached hydrogen (secondary N) is 2. The van der Waals surface area contributed by atoms with Crippen LogP contribution in [-0.4, -0.2) is 85.5 Å². The Morgan fingerprint density at radius 2 is 1.94 bits per heavy atom. The lowest BCUT2D eigenvalue weighted by atomic mass is 9.85. The van der Waals surface area contributed by atoms with Crippen LogP contribution in [0.2, 0.25) is 0 Å². The highest BCUT2D eigenvalue weighted by Crippen LogP contribution is 2.27. The summed E-state index contributed by atoms with van der Waals surface area (Å²) in [5, 5.41) is 5.48. The average molecular weight is 432 g/mol. The van der Waals surface area contributed by atoms with Crippen LogP contribution in [0.15, 0.2) is 35.3 Å². The molecular weight excluding hydrogens is 397 g/mol. The van der Waals surface area contributed by atoms with E-state index in [1.165, 1.54) is 0 Å². The Bertz CT molecular complexity index is 808. The molecule has 0 bridgehead atoms. The summed E-state index contributed by atoms with van der Waals surface area (Å²) in [6, 6.07) is 8.41. The lowest BCUT2D eigenvalue weighted by molar-refractivity contribution is -0.132. The number of benzene rings is 1. The molecule has 3 atom stereocenters. The molecule has 0 aromatic heterocycles. The van der Waals surface area contributed by atoms with Crippen molar-refractivity contribution in [1.29, 1.82) is 0 Å². The van der Waals surface area contributed by atoms with Gasteiger partial charge >= 0.3 is 0 Å². The quantitative estimate of drug-likeness (QED) is 0.715. The summed E-state index contributed by atoms with van der Waals surface area (Å²) < 4.78 is 12.6. The second-order valence-electron chi connectivity index (χ2n) is 9.43. The monoisotopic (exact) mass is 431 g/mol. The van der Waals surface area contributed by atoms with E-state index in [1.54, 1.807) is 0 Å². The van der Waals surface area contributed by atoms with Crippen molar-refractivity contribution in [3.8, 4) is 0 Å². The highest BCUT2D eigenvalue weighted by molar-refractivity contribution is 6.03. The van der Waals surface area contributed by atoms with Gasteiger partial charge in [0, 0.05) is 25.2 Å². The van der Waals surface area contributed by atoms with E-state index in [4.69, 9.17) is 4.99 Å². The van der Waals surface area contributed by atoms with E-state index in [0.717, 1.165) is 30.9 Å². The van der Waals surface area contributed by atoms with Crippen molar-refractivity contribution < 1.29 is 14.0 Å². The van der Waals surface area contributed by atoms with E-state index in [0.29, 0.717) is 6.54 Å². The number of hydrogen-bond acceptors (Lipinski definition) is 5. The highest BCUT2D eigenvalue weighted by Gasteiger charge is 2.44. The summed E-state index contributed by atoms with van der Waals surface area (Å²) in [5.41, 5.74) is 0.459. The predicted molar refractivity (Wildman–Crippen MR) is 120 cm³/mol. The normalized spacial score (nSPS) is 22.9. The van der Waals surface area contributed by atoms with Gasteiger partial charge in [-0.25, -0.2) is 4.39 Å². The maximum atomic E-state index is 13.4. The molecule has 0 aliphatic carbocycles. The highest BCUT2D eigenvalue weighted by atomic mass is 19.1. The number of fused-ring (bicyclic) bond motifs is 1. The number of likely N-dealkylation sites (N-methyl/N-ethyl adjacent to an activating group) is 1. The Labute approximate surface area is 184 Å². The lowest BCUT2D eigenvalue weighted by Gasteiger charge is -2.33. The molecule has 0 spiro atoms. The molecule has 2 amide bonds. The van der Waals surface area contributed by atoms with E-state index in [-0.39, 0.29) is 24.4 Å². The van der Waals surface area contributed by atoms with Crippen LogP contribution >= 0.6 is 0 Å². The van der Waals surface area contributed by atoms with Gasteiger partial charge in [-0.05, 0) is 25.4 Å². The molecule has 2 heterocycles. The molecule has 1 aromatic rings.